The minimum Gasteiger partial charge on any atom is -0.399 e. The Morgan fingerprint density at radius 1 is 1.21 bits per heavy atom. The lowest BCUT2D eigenvalue weighted by atomic mass is 10.2. The highest BCUT2D eigenvalue weighted by atomic mass is 32.1. The molecule has 0 saturated carbocycles. The first-order valence-corrected chi connectivity index (χ1v) is 5.10. The summed E-state index contributed by atoms with van der Waals surface area (Å²) < 4.78 is 0. The Balaban J connectivity index is 2.18. The number of nitrogens with two attached hydrogens (primary N) is 2. The minimum absolute atomic E-state index is 0.750. The van der Waals surface area contributed by atoms with E-state index in [1.54, 1.807) is 23.6 Å². The van der Waals surface area contributed by atoms with Crippen LogP contribution < -0.4 is 11.5 Å². The highest BCUT2D eigenvalue weighted by Gasteiger charge is 2.00. The molecular weight excluding hydrogens is 194 g/mol. The third kappa shape index (κ3) is 2.03. The summed E-state index contributed by atoms with van der Waals surface area (Å²) in [5.74, 6) is 0. The van der Waals surface area contributed by atoms with Crippen LogP contribution in [0.25, 0.3) is 0 Å². The molecule has 2 aromatic heterocycles. The maximum Gasteiger partial charge on any atom is 0.0859 e. The topological polar surface area (TPSA) is 64.9 Å². The molecule has 4 N–H and O–H groups in total. The summed E-state index contributed by atoms with van der Waals surface area (Å²) in [6, 6.07) is 7.60. The molecule has 0 radical (unpaired) electrons. The van der Waals surface area contributed by atoms with Crippen molar-refractivity contribution in [2.75, 3.05) is 11.5 Å². The van der Waals surface area contributed by atoms with Crippen molar-refractivity contribution in [3.8, 4) is 0 Å². The van der Waals surface area contributed by atoms with Crippen molar-refractivity contribution in [1.29, 1.82) is 0 Å². The number of nitrogens with zero attached hydrogens (tertiary/aromatic N) is 1. The van der Waals surface area contributed by atoms with E-state index < -0.39 is 0 Å². The van der Waals surface area contributed by atoms with Gasteiger partial charge in [-0.05, 0) is 24.3 Å². The molecule has 14 heavy (non-hydrogen) atoms. The van der Waals surface area contributed by atoms with Crippen molar-refractivity contribution in [1.82, 2.24) is 4.98 Å². The lowest BCUT2D eigenvalue weighted by Gasteiger charge is -1.98. The van der Waals surface area contributed by atoms with Crippen molar-refractivity contribution >= 4 is 22.0 Å². The van der Waals surface area contributed by atoms with E-state index in [1.807, 2.05) is 18.2 Å². The normalized spacial score (nSPS) is 10.3. The molecule has 0 bridgehead atoms. The molecule has 0 spiro atoms. The average Bonchev–Trinajstić information content (AvgIpc) is 2.51. The van der Waals surface area contributed by atoms with Crippen molar-refractivity contribution in [3.63, 3.8) is 0 Å². The number of anilines is 2. The SMILES string of the molecule is Nc1ccnc(Cc2ccc(N)s2)c1. The molecule has 0 atom stereocenters. The number of hydrogen-bond acceptors (Lipinski definition) is 4. The Hall–Kier alpha value is -1.55. The quantitative estimate of drug-likeness (QED) is 0.787. The van der Waals surface area contributed by atoms with Gasteiger partial charge in [0.1, 0.15) is 0 Å². The van der Waals surface area contributed by atoms with Crippen LogP contribution in [0.4, 0.5) is 10.7 Å². The van der Waals surface area contributed by atoms with E-state index in [0.717, 1.165) is 22.8 Å². The molecule has 2 aromatic rings. The lowest BCUT2D eigenvalue weighted by molar-refractivity contribution is 1.10. The molecule has 3 nitrogen and oxygen atoms in total. The van der Waals surface area contributed by atoms with E-state index in [2.05, 4.69) is 4.98 Å². The van der Waals surface area contributed by atoms with E-state index in [-0.39, 0.29) is 0 Å². The van der Waals surface area contributed by atoms with Gasteiger partial charge in [-0.25, -0.2) is 0 Å². The fourth-order valence-electron chi connectivity index (χ4n) is 1.26. The molecule has 0 amide bonds. The van der Waals surface area contributed by atoms with E-state index in [4.69, 9.17) is 11.5 Å². The van der Waals surface area contributed by atoms with Crippen LogP contribution >= 0.6 is 11.3 Å². The van der Waals surface area contributed by atoms with Crippen molar-refractivity contribution in [2.24, 2.45) is 0 Å². The van der Waals surface area contributed by atoms with Gasteiger partial charge in [0.2, 0.25) is 0 Å². The van der Waals surface area contributed by atoms with Gasteiger partial charge in [0, 0.05) is 28.9 Å². The summed E-state index contributed by atoms with van der Waals surface area (Å²) in [6.07, 6.45) is 2.52. The predicted octanol–water partition coefficient (Wildman–Crippen LogP) is 1.90. The first-order chi connectivity index (χ1) is 6.74. The van der Waals surface area contributed by atoms with Crippen molar-refractivity contribution < 1.29 is 0 Å². The van der Waals surface area contributed by atoms with Crippen LogP contribution in [0, 0.1) is 0 Å². The molecule has 0 aliphatic heterocycles. The predicted molar refractivity (Wildman–Crippen MR) is 60.2 cm³/mol. The number of thiophene rings is 1. The highest BCUT2D eigenvalue weighted by Crippen LogP contribution is 2.21. The Morgan fingerprint density at radius 3 is 2.71 bits per heavy atom. The zero-order valence-electron chi connectivity index (χ0n) is 7.60. The van der Waals surface area contributed by atoms with Crippen LogP contribution in [0.15, 0.2) is 30.5 Å². The number of rotatable bonds is 2. The minimum atomic E-state index is 0.750. The molecule has 0 fully saturated rings. The lowest BCUT2D eigenvalue weighted by Crippen LogP contribution is -1.92. The van der Waals surface area contributed by atoms with Gasteiger partial charge >= 0.3 is 0 Å². The zero-order valence-corrected chi connectivity index (χ0v) is 8.42. The van der Waals surface area contributed by atoms with Crippen LogP contribution in [0.2, 0.25) is 0 Å². The maximum absolute atomic E-state index is 5.66. The molecule has 0 saturated heterocycles. The molecule has 2 heterocycles. The molecule has 4 heteroatoms. The zero-order chi connectivity index (χ0) is 9.97. The number of pyridine rings is 1. The molecule has 2 rings (SSSR count). The van der Waals surface area contributed by atoms with Gasteiger partial charge in [-0.15, -0.1) is 11.3 Å². The second kappa shape index (κ2) is 3.67. The Morgan fingerprint density at radius 2 is 2.07 bits per heavy atom. The van der Waals surface area contributed by atoms with Crippen LogP contribution in [0.1, 0.15) is 10.6 Å². The van der Waals surface area contributed by atoms with E-state index in [9.17, 15) is 0 Å². The van der Waals surface area contributed by atoms with Gasteiger partial charge < -0.3 is 11.5 Å². The third-order valence-electron chi connectivity index (χ3n) is 1.88. The maximum atomic E-state index is 5.66. The van der Waals surface area contributed by atoms with E-state index >= 15 is 0 Å². The summed E-state index contributed by atoms with van der Waals surface area (Å²) in [7, 11) is 0. The number of nitrogen functional groups attached to an aromatic ring is 2. The first kappa shape index (κ1) is 9.02. The second-order valence-corrected chi connectivity index (χ2v) is 4.26. The highest BCUT2D eigenvalue weighted by molar-refractivity contribution is 7.15. The summed E-state index contributed by atoms with van der Waals surface area (Å²) in [4.78, 5) is 5.44. The fourth-order valence-corrected chi connectivity index (χ4v) is 2.06. The molecule has 0 aromatic carbocycles. The van der Waals surface area contributed by atoms with Crippen LogP contribution in [-0.2, 0) is 6.42 Å². The van der Waals surface area contributed by atoms with Gasteiger partial charge in [0.05, 0.1) is 5.00 Å². The van der Waals surface area contributed by atoms with E-state index in [0.29, 0.717) is 0 Å². The first-order valence-electron chi connectivity index (χ1n) is 4.28. The van der Waals surface area contributed by atoms with Gasteiger partial charge in [-0.1, -0.05) is 0 Å². The van der Waals surface area contributed by atoms with Crippen LogP contribution in [0.5, 0.6) is 0 Å². The number of hydrogen-bond donors (Lipinski definition) is 2. The molecule has 0 aliphatic carbocycles. The third-order valence-corrected chi connectivity index (χ3v) is 2.79. The van der Waals surface area contributed by atoms with Gasteiger partial charge in [0.25, 0.3) is 0 Å². The summed E-state index contributed by atoms with van der Waals surface area (Å²) >= 11 is 1.59. The van der Waals surface area contributed by atoms with Gasteiger partial charge in [-0.3, -0.25) is 4.98 Å². The summed E-state index contributed by atoms with van der Waals surface area (Å²) in [5.41, 5.74) is 13.0. The largest absolute Gasteiger partial charge is 0.399 e. The van der Waals surface area contributed by atoms with Crippen molar-refractivity contribution in [3.05, 3.63) is 41.0 Å². The second-order valence-electron chi connectivity index (χ2n) is 3.06. The molecule has 72 valence electrons. The Kier molecular flexibility index (Phi) is 2.37. The molecular formula is C10H11N3S. The Bertz CT molecular complexity index is 436. The summed E-state index contributed by atoms with van der Waals surface area (Å²) in [5, 5.41) is 0.837. The average molecular weight is 205 g/mol. The van der Waals surface area contributed by atoms with E-state index in [1.165, 1.54) is 4.88 Å². The van der Waals surface area contributed by atoms with Gasteiger partial charge in [0.15, 0.2) is 0 Å². The Labute approximate surface area is 86.4 Å². The smallest absolute Gasteiger partial charge is 0.0859 e. The number of aromatic nitrogens is 1. The monoisotopic (exact) mass is 205 g/mol. The summed E-state index contributed by atoms with van der Waals surface area (Å²) in [6.45, 7) is 0. The van der Waals surface area contributed by atoms with Crippen LogP contribution in [0.3, 0.4) is 0 Å². The fraction of sp³-hybridized carbons (Fsp3) is 0.100. The molecule has 0 unspecified atom stereocenters. The van der Waals surface area contributed by atoms with Crippen molar-refractivity contribution in [2.45, 2.75) is 6.42 Å². The standard InChI is InChI=1S/C10H11N3S/c11-7-3-4-13-8(5-7)6-9-1-2-10(12)14-9/h1-5H,6,12H2,(H2,11,13). The van der Waals surface area contributed by atoms with Gasteiger partial charge in [-0.2, -0.15) is 0 Å². The van der Waals surface area contributed by atoms with Crippen LogP contribution in [-0.4, -0.2) is 4.98 Å². The molecule has 0 aliphatic rings.